The number of halogens is 2. The van der Waals surface area contributed by atoms with Gasteiger partial charge in [-0.2, -0.15) is 0 Å². The molecule has 0 fully saturated rings. The van der Waals surface area contributed by atoms with E-state index >= 15 is 0 Å². The number of amides is 1. The number of nitrogens with one attached hydrogen (secondary N) is 1. The van der Waals surface area contributed by atoms with Crippen LogP contribution in [-0.2, 0) is 5.54 Å². The molecule has 0 spiro atoms. The molecule has 2 rings (SSSR count). The molecule has 0 bridgehead atoms. The van der Waals surface area contributed by atoms with Crippen LogP contribution in [0.2, 0.25) is 5.02 Å². The average molecular weight is 307 g/mol. The molecule has 1 N–H and O–H groups in total. The quantitative estimate of drug-likeness (QED) is 0.936. The topological polar surface area (TPSA) is 42.0 Å². The standard InChI is InChI=1S/C16H16ClFN2O/c1-10-12(18)8-7-11(17)14(10)15(21)20-16(2,3)13-6-4-5-9-19-13/h4-9H,1-3H3,(H,20,21). The molecule has 110 valence electrons. The second-order valence-electron chi connectivity index (χ2n) is 5.32. The lowest BCUT2D eigenvalue weighted by molar-refractivity contribution is 0.0909. The van der Waals surface area contributed by atoms with Crippen LogP contribution in [0.3, 0.4) is 0 Å². The molecule has 0 atom stereocenters. The van der Waals surface area contributed by atoms with Gasteiger partial charge in [-0.05, 0) is 50.6 Å². The van der Waals surface area contributed by atoms with E-state index < -0.39 is 17.3 Å². The minimum Gasteiger partial charge on any atom is -0.341 e. The van der Waals surface area contributed by atoms with E-state index in [4.69, 9.17) is 11.6 Å². The maximum absolute atomic E-state index is 13.6. The summed E-state index contributed by atoms with van der Waals surface area (Å²) in [7, 11) is 0. The fourth-order valence-electron chi connectivity index (χ4n) is 2.07. The monoisotopic (exact) mass is 306 g/mol. The Hall–Kier alpha value is -1.94. The van der Waals surface area contributed by atoms with E-state index in [9.17, 15) is 9.18 Å². The summed E-state index contributed by atoms with van der Waals surface area (Å²) < 4.78 is 13.6. The predicted molar refractivity (Wildman–Crippen MR) is 80.9 cm³/mol. The first-order chi connectivity index (χ1) is 9.83. The van der Waals surface area contributed by atoms with Crippen molar-refractivity contribution in [3.05, 3.63) is 64.2 Å². The van der Waals surface area contributed by atoms with Gasteiger partial charge in [-0.3, -0.25) is 9.78 Å². The molecule has 5 heteroatoms. The first-order valence-electron chi connectivity index (χ1n) is 6.51. The van der Waals surface area contributed by atoms with Gasteiger partial charge in [-0.1, -0.05) is 17.7 Å². The number of benzene rings is 1. The Morgan fingerprint density at radius 1 is 1.29 bits per heavy atom. The minimum atomic E-state index is -0.694. The van der Waals surface area contributed by atoms with Crippen LogP contribution >= 0.6 is 11.6 Å². The normalized spacial score (nSPS) is 11.3. The number of nitrogens with zero attached hydrogens (tertiary/aromatic N) is 1. The summed E-state index contributed by atoms with van der Waals surface area (Å²) in [6.07, 6.45) is 1.66. The summed E-state index contributed by atoms with van der Waals surface area (Å²) in [4.78, 5) is 16.7. The third-order valence-electron chi connectivity index (χ3n) is 3.31. The van der Waals surface area contributed by atoms with Crippen LogP contribution in [0.15, 0.2) is 36.5 Å². The summed E-state index contributed by atoms with van der Waals surface area (Å²) in [5.74, 6) is -0.882. The van der Waals surface area contributed by atoms with Crippen molar-refractivity contribution in [2.75, 3.05) is 0 Å². The first-order valence-corrected chi connectivity index (χ1v) is 6.89. The second-order valence-corrected chi connectivity index (χ2v) is 5.73. The van der Waals surface area contributed by atoms with Crippen LogP contribution in [0.4, 0.5) is 4.39 Å². The lowest BCUT2D eigenvalue weighted by Gasteiger charge is -2.26. The van der Waals surface area contributed by atoms with Crippen molar-refractivity contribution >= 4 is 17.5 Å². The summed E-state index contributed by atoms with van der Waals surface area (Å²) in [5, 5.41) is 3.07. The van der Waals surface area contributed by atoms with Gasteiger partial charge in [0.05, 0.1) is 21.8 Å². The smallest absolute Gasteiger partial charge is 0.253 e. The van der Waals surface area contributed by atoms with Crippen LogP contribution in [0, 0.1) is 12.7 Å². The maximum atomic E-state index is 13.6. The third-order valence-corrected chi connectivity index (χ3v) is 3.62. The molecular formula is C16H16ClFN2O. The van der Waals surface area contributed by atoms with E-state index in [0.717, 1.165) is 0 Å². The van der Waals surface area contributed by atoms with Crippen molar-refractivity contribution in [2.24, 2.45) is 0 Å². The number of carbonyl (C=O) groups is 1. The van der Waals surface area contributed by atoms with E-state index in [0.29, 0.717) is 5.69 Å². The Balaban J connectivity index is 2.33. The molecule has 21 heavy (non-hydrogen) atoms. The van der Waals surface area contributed by atoms with Gasteiger partial charge < -0.3 is 5.32 Å². The fraction of sp³-hybridized carbons (Fsp3) is 0.250. The van der Waals surface area contributed by atoms with E-state index in [1.54, 1.807) is 12.3 Å². The predicted octanol–water partition coefficient (Wildman–Crippen LogP) is 3.85. The fourth-order valence-corrected chi connectivity index (χ4v) is 2.37. The summed E-state index contributed by atoms with van der Waals surface area (Å²) >= 11 is 6.03. The van der Waals surface area contributed by atoms with Gasteiger partial charge in [0.1, 0.15) is 5.82 Å². The molecule has 0 saturated carbocycles. The largest absolute Gasteiger partial charge is 0.341 e. The molecule has 1 aromatic carbocycles. The van der Waals surface area contributed by atoms with Gasteiger partial charge >= 0.3 is 0 Å². The van der Waals surface area contributed by atoms with Gasteiger partial charge in [0.2, 0.25) is 0 Å². The zero-order valence-electron chi connectivity index (χ0n) is 12.1. The van der Waals surface area contributed by atoms with Crippen molar-refractivity contribution < 1.29 is 9.18 Å². The molecule has 2 aromatic rings. The number of hydrogen-bond acceptors (Lipinski definition) is 2. The molecule has 0 unspecified atom stereocenters. The van der Waals surface area contributed by atoms with Gasteiger partial charge in [-0.25, -0.2) is 4.39 Å². The molecule has 1 heterocycles. The Morgan fingerprint density at radius 2 is 2.00 bits per heavy atom. The number of rotatable bonds is 3. The summed E-state index contributed by atoms with van der Waals surface area (Å²) in [6.45, 7) is 5.19. The molecule has 0 radical (unpaired) electrons. The highest BCUT2D eigenvalue weighted by Gasteiger charge is 2.27. The van der Waals surface area contributed by atoms with E-state index in [1.807, 2.05) is 26.0 Å². The van der Waals surface area contributed by atoms with Crippen LogP contribution < -0.4 is 5.32 Å². The SMILES string of the molecule is Cc1c(F)ccc(Cl)c1C(=O)NC(C)(C)c1ccccn1. The Morgan fingerprint density at radius 3 is 2.62 bits per heavy atom. The lowest BCUT2D eigenvalue weighted by Crippen LogP contribution is -2.42. The van der Waals surface area contributed by atoms with Crippen molar-refractivity contribution in [3.63, 3.8) is 0 Å². The summed E-state index contributed by atoms with van der Waals surface area (Å²) in [6, 6.07) is 8.09. The molecule has 0 aliphatic heterocycles. The van der Waals surface area contributed by atoms with Crippen molar-refractivity contribution in [1.29, 1.82) is 0 Å². The highest BCUT2D eigenvalue weighted by Crippen LogP contribution is 2.24. The van der Waals surface area contributed by atoms with Crippen LogP contribution in [-0.4, -0.2) is 10.9 Å². The Bertz CT molecular complexity index is 671. The van der Waals surface area contributed by atoms with E-state index in [2.05, 4.69) is 10.3 Å². The summed E-state index contributed by atoms with van der Waals surface area (Å²) in [5.41, 5.74) is 0.404. The third kappa shape index (κ3) is 3.22. The zero-order chi connectivity index (χ0) is 15.6. The van der Waals surface area contributed by atoms with E-state index in [1.165, 1.54) is 19.1 Å². The molecular weight excluding hydrogens is 291 g/mol. The molecule has 1 amide bonds. The highest BCUT2D eigenvalue weighted by atomic mass is 35.5. The van der Waals surface area contributed by atoms with Gasteiger partial charge in [0, 0.05) is 6.20 Å². The molecule has 0 saturated heterocycles. The lowest BCUT2D eigenvalue weighted by atomic mass is 9.98. The Labute approximate surface area is 128 Å². The molecule has 3 nitrogen and oxygen atoms in total. The van der Waals surface area contributed by atoms with Crippen LogP contribution in [0.5, 0.6) is 0 Å². The minimum absolute atomic E-state index is 0.153. The second kappa shape index (κ2) is 5.82. The maximum Gasteiger partial charge on any atom is 0.253 e. The average Bonchev–Trinajstić information content (AvgIpc) is 2.44. The van der Waals surface area contributed by atoms with Crippen molar-refractivity contribution in [1.82, 2.24) is 10.3 Å². The number of aromatic nitrogens is 1. The number of hydrogen-bond donors (Lipinski definition) is 1. The van der Waals surface area contributed by atoms with E-state index in [-0.39, 0.29) is 16.1 Å². The first kappa shape index (κ1) is 15.4. The van der Waals surface area contributed by atoms with Crippen molar-refractivity contribution in [2.45, 2.75) is 26.3 Å². The molecule has 0 aliphatic carbocycles. The van der Waals surface area contributed by atoms with Crippen LogP contribution in [0.1, 0.15) is 35.5 Å². The van der Waals surface area contributed by atoms with Gasteiger partial charge in [0.25, 0.3) is 5.91 Å². The Kier molecular flexibility index (Phi) is 4.28. The molecule has 1 aromatic heterocycles. The molecule has 0 aliphatic rings. The zero-order valence-corrected chi connectivity index (χ0v) is 12.8. The van der Waals surface area contributed by atoms with Crippen LogP contribution in [0.25, 0.3) is 0 Å². The van der Waals surface area contributed by atoms with Crippen molar-refractivity contribution in [3.8, 4) is 0 Å². The van der Waals surface area contributed by atoms with Gasteiger partial charge in [0.15, 0.2) is 0 Å². The van der Waals surface area contributed by atoms with Gasteiger partial charge in [-0.15, -0.1) is 0 Å². The number of pyridine rings is 1. The number of carbonyl (C=O) groups excluding carboxylic acids is 1. The highest BCUT2D eigenvalue weighted by molar-refractivity contribution is 6.34.